The maximum Gasteiger partial charge on any atom is 0.230 e. The van der Waals surface area contributed by atoms with E-state index in [1.54, 1.807) is 12.1 Å². The van der Waals surface area contributed by atoms with Crippen LogP contribution in [0.4, 0.5) is 4.39 Å². The highest BCUT2D eigenvalue weighted by molar-refractivity contribution is 8.00. The summed E-state index contributed by atoms with van der Waals surface area (Å²) in [5.41, 5.74) is 0.869. The van der Waals surface area contributed by atoms with Crippen LogP contribution in [0.3, 0.4) is 0 Å². The molecular formula is C16H15ClFNOS. The van der Waals surface area contributed by atoms with Gasteiger partial charge in [-0.1, -0.05) is 35.9 Å². The topological polar surface area (TPSA) is 29.1 Å². The molecule has 110 valence electrons. The monoisotopic (exact) mass is 323 g/mol. The number of halogens is 2. The zero-order valence-corrected chi connectivity index (χ0v) is 12.9. The van der Waals surface area contributed by atoms with Crippen LogP contribution in [0.2, 0.25) is 5.02 Å². The first-order valence-electron chi connectivity index (χ1n) is 6.53. The molecule has 0 aliphatic carbocycles. The van der Waals surface area contributed by atoms with Crippen molar-refractivity contribution >= 4 is 29.3 Å². The van der Waals surface area contributed by atoms with Crippen molar-refractivity contribution < 1.29 is 9.18 Å². The van der Waals surface area contributed by atoms with Crippen molar-refractivity contribution in [3.63, 3.8) is 0 Å². The lowest BCUT2D eigenvalue weighted by Gasteiger charge is -2.06. The van der Waals surface area contributed by atoms with E-state index in [-0.39, 0.29) is 11.7 Å². The van der Waals surface area contributed by atoms with Gasteiger partial charge in [-0.15, -0.1) is 11.8 Å². The molecule has 2 nitrogen and oxygen atoms in total. The lowest BCUT2D eigenvalue weighted by atomic mass is 10.1. The van der Waals surface area contributed by atoms with Crippen molar-refractivity contribution in [2.75, 3.05) is 12.3 Å². The molecule has 0 atom stereocenters. The highest BCUT2D eigenvalue weighted by atomic mass is 35.5. The predicted octanol–water partition coefficient (Wildman–Crippen LogP) is 3.93. The lowest BCUT2D eigenvalue weighted by molar-refractivity contribution is -0.118. The molecule has 2 aromatic carbocycles. The normalized spacial score (nSPS) is 10.4. The van der Waals surface area contributed by atoms with E-state index in [2.05, 4.69) is 5.32 Å². The maximum atomic E-state index is 13.0. The standard InChI is InChI=1S/C16H15ClFNOS/c17-14-6-1-2-7-15(14)21-11-16(20)19-9-8-12-4-3-5-13(18)10-12/h1-7,10H,8-9,11H2,(H,19,20). The molecule has 0 fully saturated rings. The predicted molar refractivity (Wildman–Crippen MR) is 85.3 cm³/mol. The van der Waals surface area contributed by atoms with E-state index >= 15 is 0 Å². The van der Waals surface area contributed by atoms with Gasteiger partial charge in [0.15, 0.2) is 0 Å². The molecule has 1 amide bonds. The van der Waals surface area contributed by atoms with Crippen LogP contribution in [0.1, 0.15) is 5.56 Å². The first kappa shape index (κ1) is 15.9. The Hall–Kier alpha value is -1.52. The van der Waals surface area contributed by atoms with Gasteiger partial charge in [-0.05, 0) is 36.2 Å². The zero-order chi connectivity index (χ0) is 15.1. The van der Waals surface area contributed by atoms with Gasteiger partial charge >= 0.3 is 0 Å². The van der Waals surface area contributed by atoms with Gasteiger partial charge in [-0.3, -0.25) is 4.79 Å². The van der Waals surface area contributed by atoms with Crippen LogP contribution in [0.5, 0.6) is 0 Å². The Kier molecular flexibility index (Phi) is 6.08. The van der Waals surface area contributed by atoms with E-state index in [0.29, 0.717) is 23.7 Å². The van der Waals surface area contributed by atoms with Crippen LogP contribution in [-0.2, 0) is 11.2 Å². The molecule has 0 aliphatic rings. The molecule has 2 rings (SSSR count). The van der Waals surface area contributed by atoms with Crippen molar-refractivity contribution in [3.05, 3.63) is 64.9 Å². The van der Waals surface area contributed by atoms with E-state index < -0.39 is 0 Å². The molecule has 0 unspecified atom stereocenters. The maximum absolute atomic E-state index is 13.0. The number of amides is 1. The highest BCUT2D eigenvalue weighted by Gasteiger charge is 2.05. The van der Waals surface area contributed by atoms with E-state index in [1.807, 2.05) is 24.3 Å². The van der Waals surface area contributed by atoms with E-state index in [9.17, 15) is 9.18 Å². The smallest absolute Gasteiger partial charge is 0.230 e. The fourth-order valence-electron chi connectivity index (χ4n) is 1.79. The van der Waals surface area contributed by atoms with Crippen LogP contribution >= 0.6 is 23.4 Å². The molecule has 0 saturated heterocycles. The number of rotatable bonds is 6. The first-order chi connectivity index (χ1) is 10.1. The number of carbonyl (C=O) groups excluding carboxylic acids is 1. The Morgan fingerprint density at radius 1 is 1.19 bits per heavy atom. The first-order valence-corrected chi connectivity index (χ1v) is 7.90. The van der Waals surface area contributed by atoms with Crippen molar-refractivity contribution in [1.82, 2.24) is 5.32 Å². The SMILES string of the molecule is O=C(CSc1ccccc1Cl)NCCc1cccc(F)c1. The molecule has 0 bridgehead atoms. The van der Waals surface area contributed by atoms with Crippen LogP contribution in [0.25, 0.3) is 0 Å². The molecule has 2 aromatic rings. The molecular weight excluding hydrogens is 309 g/mol. The Bertz CT molecular complexity index is 621. The van der Waals surface area contributed by atoms with Gasteiger partial charge < -0.3 is 5.32 Å². The molecule has 0 heterocycles. The third-order valence-electron chi connectivity index (χ3n) is 2.82. The number of hydrogen-bond acceptors (Lipinski definition) is 2. The molecule has 0 spiro atoms. The number of benzene rings is 2. The van der Waals surface area contributed by atoms with Crippen LogP contribution in [-0.4, -0.2) is 18.2 Å². The van der Waals surface area contributed by atoms with E-state index in [0.717, 1.165) is 10.5 Å². The van der Waals surface area contributed by atoms with Gasteiger partial charge in [0.2, 0.25) is 5.91 Å². The van der Waals surface area contributed by atoms with Gasteiger partial charge in [0, 0.05) is 11.4 Å². The summed E-state index contributed by atoms with van der Waals surface area (Å²) in [5, 5.41) is 3.46. The second-order valence-electron chi connectivity index (χ2n) is 4.45. The zero-order valence-electron chi connectivity index (χ0n) is 11.3. The number of carbonyl (C=O) groups is 1. The van der Waals surface area contributed by atoms with Gasteiger partial charge in [0.05, 0.1) is 10.8 Å². The molecule has 0 aromatic heterocycles. The molecule has 0 saturated carbocycles. The fraction of sp³-hybridized carbons (Fsp3) is 0.188. The second-order valence-corrected chi connectivity index (χ2v) is 5.87. The quantitative estimate of drug-likeness (QED) is 0.816. The third kappa shape index (κ3) is 5.40. The Morgan fingerprint density at radius 3 is 2.76 bits per heavy atom. The van der Waals surface area contributed by atoms with Gasteiger partial charge in [-0.2, -0.15) is 0 Å². The van der Waals surface area contributed by atoms with Crippen molar-refractivity contribution in [2.45, 2.75) is 11.3 Å². The molecule has 21 heavy (non-hydrogen) atoms. The molecule has 0 aliphatic heterocycles. The number of hydrogen-bond donors (Lipinski definition) is 1. The Balaban J connectivity index is 1.72. The van der Waals surface area contributed by atoms with Gasteiger partial charge in [-0.25, -0.2) is 4.39 Å². The summed E-state index contributed by atoms with van der Waals surface area (Å²) in [6.45, 7) is 0.491. The largest absolute Gasteiger partial charge is 0.355 e. The van der Waals surface area contributed by atoms with Crippen molar-refractivity contribution in [1.29, 1.82) is 0 Å². The minimum Gasteiger partial charge on any atom is -0.355 e. The highest BCUT2D eigenvalue weighted by Crippen LogP contribution is 2.26. The number of thioether (sulfide) groups is 1. The molecule has 5 heteroatoms. The average molecular weight is 324 g/mol. The van der Waals surface area contributed by atoms with Crippen molar-refractivity contribution in [3.8, 4) is 0 Å². The van der Waals surface area contributed by atoms with Gasteiger partial charge in [0.25, 0.3) is 0 Å². The molecule has 1 N–H and O–H groups in total. The van der Waals surface area contributed by atoms with E-state index in [1.165, 1.54) is 23.9 Å². The number of nitrogens with one attached hydrogen (secondary N) is 1. The van der Waals surface area contributed by atoms with Crippen LogP contribution in [0, 0.1) is 5.82 Å². The van der Waals surface area contributed by atoms with Crippen LogP contribution in [0.15, 0.2) is 53.4 Å². The van der Waals surface area contributed by atoms with E-state index in [4.69, 9.17) is 11.6 Å². The summed E-state index contributed by atoms with van der Waals surface area (Å²) in [5.74, 6) is -0.00296. The average Bonchev–Trinajstić information content (AvgIpc) is 2.46. The minimum absolute atomic E-state index is 0.0590. The second kappa shape index (κ2) is 8.05. The summed E-state index contributed by atoms with van der Waals surface area (Å²) >= 11 is 7.42. The molecule has 0 radical (unpaired) electrons. The summed E-state index contributed by atoms with van der Waals surface area (Å²) in [7, 11) is 0. The summed E-state index contributed by atoms with van der Waals surface area (Å²) in [6, 6.07) is 13.8. The Morgan fingerprint density at radius 2 is 2.00 bits per heavy atom. The minimum atomic E-state index is -0.256. The summed E-state index contributed by atoms with van der Waals surface area (Å²) in [6.07, 6.45) is 0.611. The van der Waals surface area contributed by atoms with Crippen LogP contribution < -0.4 is 5.32 Å². The lowest BCUT2D eigenvalue weighted by Crippen LogP contribution is -2.27. The Labute approximate surface area is 132 Å². The summed E-state index contributed by atoms with van der Waals surface area (Å²) in [4.78, 5) is 12.6. The third-order valence-corrected chi connectivity index (χ3v) is 4.34. The van der Waals surface area contributed by atoms with Gasteiger partial charge in [0.1, 0.15) is 5.82 Å². The fourth-order valence-corrected chi connectivity index (χ4v) is 2.86. The van der Waals surface area contributed by atoms with Crippen molar-refractivity contribution in [2.24, 2.45) is 0 Å². The summed E-state index contributed by atoms with van der Waals surface area (Å²) < 4.78 is 13.0.